The van der Waals surface area contributed by atoms with Crippen LogP contribution in [0.25, 0.3) is 99.0 Å². The Hall–Kier alpha value is -6.51. The number of furan rings is 1. The van der Waals surface area contributed by atoms with Crippen LogP contribution in [0.2, 0.25) is 0 Å². The van der Waals surface area contributed by atoms with Gasteiger partial charge in [0, 0.05) is 21.9 Å². The van der Waals surface area contributed by atoms with Crippen LogP contribution in [0.3, 0.4) is 0 Å². The van der Waals surface area contributed by atoms with Gasteiger partial charge in [0.05, 0.1) is 11.4 Å². The summed E-state index contributed by atoms with van der Waals surface area (Å²) < 4.78 is 6.16. The van der Waals surface area contributed by atoms with Crippen LogP contribution in [0.5, 0.6) is 0 Å². The normalized spacial score (nSPS) is 11.7. The van der Waals surface area contributed by atoms with E-state index in [9.17, 15) is 0 Å². The number of fused-ring (bicyclic) bond motifs is 9. The topological polar surface area (TPSA) is 26.0 Å². The van der Waals surface area contributed by atoms with E-state index < -0.39 is 0 Å². The van der Waals surface area contributed by atoms with Gasteiger partial charge in [-0.3, -0.25) is 0 Å². The number of nitrogens with zero attached hydrogens (tertiary/aromatic N) is 1. The second kappa shape index (κ2) is 11.0. The molecule has 0 atom stereocenters. The summed E-state index contributed by atoms with van der Waals surface area (Å²) >= 11 is 0. The lowest BCUT2D eigenvalue weighted by Crippen LogP contribution is -1.93. The van der Waals surface area contributed by atoms with Gasteiger partial charge in [-0.25, -0.2) is 4.98 Å². The Morgan fingerprint density at radius 2 is 0.878 bits per heavy atom. The maximum atomic E-state index is 6.16. The largest absolute Gasteiger partial charge is 0.456 e. The second-order valence-corrected chi connectivity index (χ2v) is 12.7. The number of para-hydroxylation sites is 1. The van der Waals surface area contributed by atoms with Crippen molar-refractivity contribution in [3.05, 3.63) is 176 Å². The predicted octanol–water partition coefficient (Wildman–Crippen LogP) is 13.1. The highest BCUT2D eigenvalue weighted by Crippen LogP contribution is 2.43. The first-order chi connectivity index (χ1) is 24.3. The molecule has 0 fully saturated rings. The lowest BCUT2D eigenvalue weighted by Gasteiger charge is -2.16. The van der Waals surface area contributed by atoms with E-state index in [4.69, 9.17) is 9.40 Å². The Kier molecular flexibility index (Phi) is 6.22. The molecule has 2 heterocycles. The molecule has 10 rings (SSSR count). The Morgan fingerprint density at radius 3 is 1.67 bits per heavy atom. The summed E-state index contributed by atoms with van der Waals surface area (Å²) in [5.74, 6) is 0. The fourth-order valence-corrected chi connectivity index (χ4v) is 7.53. The zero-order valence-corrected chi connectivity index (χ0v) is 26.6. The van der Waals surface area contributed by atoms with Crippen molar-refractivity contribution in [3.63, 3.8) is 0 Å². The molecule has 2 nitrogen and oxygen atoms in total. The number of rotatable bonds is 4. The van der Waals surface area contributed by atoms with Crippen molar-refractivity contribution in [2.45, 2.75) is 0 Å². The molecule has 2 aromatic heterocycles. The van der Waals surface area contributed by atoms with E-state index in [1.165, 1.54) is 43.4 Å². The summed E-state index contributed by atoms with van der Waals surface area (Å²) in [6.07, 6.45) is 0. The van der Waals surface area contributed by atoms with E-state index in [1.54, 1.807) is 0 Å². The van der Waals surface area contributed by atoms with Gasteiger partial charge in [-0.05, 0) is 91.0 Å². The Morgan fingerprint density at radius 1 is 0.306 bits per heavy atom. The van der Waals surface area contributed by atoms with E-state index in [2.05, 4.69) is 164 Å². The third-order valence-electron chi connectivity index (χ3n) is 9.85. The van der Waals surface area contributed by atoms with Crippen molar-refractivity contribution in [3.8, 4) is 44.8 Å². The quantitative estimate of drug-likeness (QED) is 0.182. The van der Waals surface area contributed by atoms with Gasteiger partial charge in [0.2, 0.25) is 0 Å². The number of aromatic nitrogens is 1. The Balaban J connectivity index is 1.27. The Bertz CT molecular complexity index is 2810. The molecule has 10 aromatic rings. The molecule has 0 aliphatic rings. The summed E-state index contributed by atoms with van der Waals surface area (Å²) in [6, 6.07) is 62.7. The monoisotopic (exact) mass is 623 g/mol. The number of hydrogen-bond acceptors (Lipinski definition) is 2. The maximum Gasteiger partial charge on any atom is 0.135 e. The smallest absolute Gasteiger partial charge is 0.135 e. The van der Waals surface area contributed by atoms with E-state index in [1.807, 2.05) is 12.1 Å². The van der Waals surface area contributed by atoms with Crippen molar-refractivity contribution < 1.29 is 4.42 Å². The first kappa shape index (κ1) is 27.6. The highest BCUT2D eigenvalue weighted by Gasteiger charge is 2.17. The van der Waals surface area contributed by atoms with Crippen LogP contribution in [0.15, 0.2) is 180 Å². The van der Waals surface area contributed by atoms with Gasteiger partial charge in [0.15, 0.2) is 0 Å². The van der Waals surface area contributed by atoms with Crippen LogP contribution < -0.4 is 0 Å². The molecule has 2 heteroatoms. The van der Waals surface area contributed by atoms with Crippen LogP contribution in [-0.4, -0.2) is 4.98 Å². The summed E-state index contributed by atoms with van der Waals surface area (Å²) in [5, 5.41) is 9.65. The highest BCUT2D eigenvalue weighted by atomic mass is 16.3. The molecular weight excluding hydrogens is 595 g/mol. The Labute approximate surface area is 283 Å². The van der Waals surface area contributed by atoms with Gasteiger partial charge in [-0.15, -0.1) is 0 Å². The fourth-order valence-electron chi connectivity index (χ4n) is 7.53. The highest BCUT2D eigenvalue weighted by molar-refractivity contribution is 6.28. The lowest BCUT2D eigenvalue weighted by molar-refractivity contribution is 0.669. The molecule has 8 aromatic carbocycles. The average Bonchev–Trinajstić information content (AvgIpc) is 3.56. The number of benzene rings is 8. The van der Waals surface area contributed by atoms with E-state index in [0.717, 1.165) is 55.6 Å². The maximum absolute atomic E-state index is 6.16. The third kappa shape index (κ3) is 4.53. The van der Waals surface area contributed by atoms with Crippen LogP contribution in [0, 0.1) is 0 Å². The minimum Gasteiger partial charge on any atom is -0.456 e. The SMILES string of the molecule is c1ccc(-c2cc(-c3ccccc3)nc(-c3cccc4c5ccccc5c5ccc(-c6ccc7oc8ccccc8c7c6)cc5c34)c2)cc1. The zero-order chi connectivity index (χ0) is 32.3. The first-order valence-electron chi connectivity index (χ1n) is 16.7. The van der Waals surface area contributed by atoms with Gasteiger partial charge in [0.1, 0.15) is 11.2 Å². The molecule has 0 spiro atoms. The van der Waals surface area contributed by atoms with Crippen molar-refractivity contribution in [1.82, 2.24) is 4.98 Å². The van der Waals surface area contributed by atoms with Crippen LogP contribution in [0.4, 0.5) is 0 Å². The zero-order valence-electron chi connectivity index (χ0n) is 26.6. The molecule has 228 valence electrons. The minimum absolute atomic E-state index is 0.906. The molecule has 0 radical (unpaired) electrons. The molecule has 0 aliphatic carbocycles. The van der Waals surface area contributed by atoms with Crippen molar-refractivity contribution in [1.29, 1.82) is 0 Å². The van der Waals surface area contributed by atoms with Crippen LogP contribution >= 0.6 is 0 Å². The van der Waals surface area contributed by atoms with Crippen LogP contribution in [-0.2, 0) is 0 Å². The van der Waals surface area contributed by atoms with Crippen molar-refractivity contribution >= 4 is 54.3 Å². The van der Waals surface area contributed by atoms with E-state index in [0.29, 0.717) is 0 Å². The molecule has 0 saturated heterocycles. The summed E-state index contributed by atoms with van der Waals surface area (Å²) in [5.41, 5.74) is 10.6. The van der Waals surface area contributed by atoms with Gasteiger partial charge >= 0.3 is 0 Å². The molecule has 0 N–H and O–H groups in total. The molecule has 0 unspecified atom stereocenters. The summed E-state index contributed by atoms with van der Waals surface area (Å²) in [7, 11) is 0. The first-order valence-corrected chi connectivity index (χ1v) is 16.7. The number of hydrogen-bond donors (Lipinski definition) is 0. The molecule has 0 saturated carbocycles. The summed E-state index contributed by atoms with van der Waals surface area (Å²) in [6.45, 7) is 0. The van der Waals surface area contributed by atoms with E-state index in [-0.39, 0.29) is 0 Å². The van der Waals surface area contributed by atoms with Crippen molar-refractivity contribution in [2.75, 3.05) is 0 Å². The van der Waals surface area contributed by atoms with Crippen molar-refractivity contribution in [2.24, 2.45) is 0 Å². The van der Waals surface area contributed by atoms with Gasteiger partial charge in [0.25, 0.3) is 0 Å². The molecular formula is C47H29NO. The van der Waals surface area contributed by atoms with Gasteiger partial charge in [-0.2, -0.15) is 0 Å². The molecule has 49 heavy (non-hydrogen) atoms. The van der Waals surface area contributed by atoms with Gasteiger partial charge in [-0.1, -0.05) is 140 Å². The molecule has 0 aliphatic heterocycles. The fraction of sp³-hybridized carbons (Fsp3) is 0. The lowest BCUT2D eigenvalue weighted by atomic mass is 9.88. The molecule has 0 bridgehead atoms. The summed E-state index contributed by atoms with van der Waals surface area (Å²) in [4.78, 5) is 5.36. The third-order valence-corrected chi connectivity index (χ3v) is 9.85. The standard InChI is InChI=1S/C47H29NO/c1-3-12-30(13-4-1)34-28-43(31-14-5-2-6-15-31)48-44(29-34)40-20-11-19-39-36-17-8-7-16-35(36)37-24-22-32(27-42(37)47(39)40)33-23-25-46-41(26-33)38-18-9-10-21-45(38)49-46/h1-29H. The molecule has 0 amide bonds. The number of pyridine rings is 1. The predicted molar refractivity (Wildman–Crippen MR) is 206 cm³/mol. The average molecular weight is 624 g/mol. The van der Waals surface area contributed by atoms with E-state index >= 15 is 0 Å². The second-order valence-electron chi connectivity index (χ2n) is 12.7. The van der Waals surface area contributed by atoms with Gasteiger partial charge < -0.3 is 4.42 Å². The minimum atomic E-state index is 0.906. The van der Waals surface area contributed by atoms with Crippen LogP contribution in [0.1, 0.15) is 0 Å².